The van der Waals surface area contributed by atoms with Crippen LogP contribution < -0.4 is 15.9 Å². The van der Waals surface area contributed by atoms with Crippen LogP contribution in [0.1, 0.15) is 16.1 Å². The van der Waals surface area contributed by atoms with Crippen LogP contribution in [0, 0.1) is 0 Å². The summed E-state index contributed by atoms with van der Waals surface area (Å²) >= 11 is 0. The van der Waals surface area contributed by atoms with Crippen LogP contribution in [0.25, 0.3) is 11.5 Å². The Hall–Kier alpha value is -4.53. The highest BCUT2D eigenvalue weighted by Gasteiger charge is 2.46. The van der Waals surface area contributed by atoms with E-state index < -0.39 is 7.26 Å². The van der Waals surface area contributed by atoms with Gasteiger partial charge in [0.2, 0.25) is 0 Å². The summed E-state index contributed by atoms with van der Waals surface area (Å²) < 4.78 is 3.90. The van der Waals surface area contributed by atoms with Crippen molar-refractivity contribution in [2.24, 2.45) is 0 Å². The van der Waals surface area contributed by atoms with Gasteiger partial charge in [0.05, 0.1) is 23.1 Å². The summed E-state index contributed by atoms with van der Waals surface area (Å²) in [6.07, 6.45) is 5.57. The molecule has 2 aromatic heterocycles. The summed E-state index contributed by atoms with van der Waals surface area (Å²) in [5.41, 5.74) is 2.62. The zero-order valence-electron chi connectivity index (χ0n) is 20.8. The van der Waals surface area contributed by atoms with E-state index in [4.69, 9.17) is 5.10 Å². The zero-order valence-corrected chi connectivity index (χ0v) is 21.7. The lowest BCUT2D eigenvalue weighted by Gasteiger charge is -2.28. The lowest BCUT2D eigenvalue weighted by atomic mass is 10.3. The average Bonchev–Trinajstić information content (AvgIpc) is 3.64. The van der Waals surface area contributed by atoms with Crippen LogP contribution in [0.3, 0.4) is 0 Å². The molecule has 4 aromatic carbocycles. The van der Waals surface area contributed by atoms with Crippen molar-refractivity contribution in [3.05, 3.63) is 157 Å². The van der Waals surface area contributed by atoms with Crippen molar-refractivity contribution in [2.45, 2.75) is 6.16 Å². The molecule has 0 fully saturated rings. The minimum absolute atomic E-state index is 0.590. The number of rotatable bonds is 8. The van der Waals surface area contributed by atoms with Gasteiger partial charge in [-0.05, 0) is 60.7 Å². The monoisotopic (exact) mass is 512 g/mol. The molecule has 4 nitrogen and oxygen atoms in total. The van der Waals surface area contributed by atoms with Crippen molar-refractivity contribution in [1.82, 2.24) is 14.3 Å². The Morgan fingerprint density at radius 2 is 1.13 bits per heavy atom. The maximum Gasteiger partial charge on any atom is 0.166 e. The second-order valence-electron chi connectivity index (χ2n) is 9.14. The van der Waals surface area contributed by atoms with Gasteiger partial charge in [-0.15, -0.1) is 0 Å². The number of benzene rings is 4. The molecule has 0 N–H and O–H groups in total. The number of aromatic nitrogens is 3. The van der Waals surface area contributed by atoms with Gasteiger partial charge in [-0.2, -0.15) is 5.10 Å². The highest BCUT2D eigenvalue weighted by molar-refractivity contribution is 7.95. The number of aldehydes is 1. The molecule has 5 heteroatoms. The standard InChI is InChI=1S/C33H27N3OP/c37-25-29-16-13-23-35(29)33-27(24-34-36(33)28-14-5-1-6-15-28)26-38(30-17-7-2-8-18-30,31-19-9-3-10-20-31)32-21-11-4-12-22-32/h1-25H,26H2/q+1. The third kappa shape index (κ3) is 4.19. The Labute approximate surface area is 223 Å². The van der Waals surface area contributed by atoms with E-state index in [-0.39, 0.29) is 0 Å². The van der Waals surface area contributed by atoms with Gasteiger partial charge in [-0.3, -0.25) is 9.36 Å². The van der Waals surface area contributed by atoms with E-state index in [1.54, 1.807) is 0 Å². The predicted molar refractivity (Wildman–Crippen MR) is 157 cm³/mol. The van der Waals surface area contributed by atoms with Gasteiger partial charge in [0.1, 0.15) is 35.2 Å². The Morgan fingerprint density at radius 1 is 0.632 bits per heavy atom. The number of para-hydroxylation sites is 1. The van der Waals surface area contributed by atoms with Crippen LogP contribution in [0.15, 0.2) is 146 Å². The average molecular weight is 513 g/mol. The Morgan fingerprint density at radius 3 is 1.63 bits per heavy atom. The smallest absolute Gasteiger partial charge is 0.166 e. The summed E-state index contributed by atoms with van der Waals surface area (Å²) in [5.74, 6) is 0.885. The van der Waals surface area contributed by atoms with Gasteiger partial charge in [-0.25, -0.2) is 4.68 Å². The molecule has 6 rings (SSSR count). The van der Waals surface area contributed by atoms with Crippen molar-refractivity contribution < 1.29 is 4.79 Å². The first kappa shape index (κ1) is 23.8. The molecule has 0 amide bonds. The molecule has 0 unspecified atom stereocenters. The minimum Gasteiger partial charge on any atom is -0.298 e. The maximum atomic E-state index is 12.0. The van der Waals surface area contributed by atoms with Gasteiger partial charge in [-0.1, -0.05) is 72.8 Å². The molecule has 0 bridgehead atoms. The minimum atomic E-state index is -2.16. The lowest BCUT2D eigenvalue weighted by Crippen LogP contribution is -2.32. The van der Waals surface area contributed by atoms with Crippen molar-refractivity contribution >= 4 is 29.5 Å². The number of carbonyl (C=O) groups is 1. The molecule has 0 aliphatic rings. The first-order chi connectivity index (χ1) is 18.8. The van der Waals surface area contributed by atoms with Crippen LogP contribution in [0.4, 0.5) is 0 Å². The predicted octanol–water partition coefficient (Wildman–Crippen LogP) is 5.97. The molecular weight excluding hydrogens is 485 g/mol. The topological polar surface area (TPSA) is 39.8 Å². The molecule has 0 atom stereocenters. The van der Waals surface area contributed by atoms with E-state index in [1.807, 2.05) is 64.1 Å². The molecule has 184 valence electrons. The molecule has 0 aliphatic carbocycles. The quantitative estimate of drug-likeness (QED) is 0.186. The molecule has 6 aromatic rings. The maximum absolute atomic E-state index is 12.0. The van der Waals surface area contributed by atoms with Gasteiger partial charge in [0.15, 0.2) is 6.29 Å². The van der Waals surface area contributed by atoms with Crippen molar-refractivity contribution in [3.8, 4) is 11.5 Å². The van der Waals surface area contributed by atoms with E-state index in [9.17, 15) is 4.79 Å². The first-order valence-corrected chi connectivity index (χ1v) is 14.6. The zero-order chi connectivity index (χ0) is 25.8. The van der Waals surface area contributed by atoms with Crippen LogP contribution in [-0.2, 0) is 6.16 Å². The third-order valence-electron chi connectivity index (χ3n) is 6.95. The van der Waals surface area contributed by atoms with E-state index in [0.29, 0.717) is 5.69 Å². The van der Waals surface area contributed by atoms with Gasteiger partial charge < -0.3 is 0 Å². The Balaban J connectivity index is 1.64. The third-order valence-corrected chi connectivity index (χ3v) is 11.3. The first-order valence-electron chi connectivity index (χ1n) is 12.6. The highest BCUT2D eigenvalue weighted by Crippen LogP contribution is 2.58. The van der Waals surface area contributed by atoms with Gasteiger partial charge >= 0.3 is 0 Å². The number of carbonyl (C=O) groups excluding carboxylic acids is 1. The molecular formula is C33H27N3OP+. The largest absolute Gasteiger partial charge is 0.298 e. The van der Waals surface area contributed by atoms with Gasteiger partial charge in [0.25, 0.3) is 0 Å². The second-order valence-corrected chi connectivity index (χ2v) is 12.6. The van der Waals surface area contributed by atoms with Crippen LogP contribution in [0.2, 0.25) is 0 Å². The fourth-order valence-electron chi connectivity index (χ4n) is 5.21. The molecule has 0 spiro atoms. The number of hydrogen-bond donors (Lipinski definition) is 0. The van der Waals surface area contributed by atoms with E-state index in [2.05, 4.69) is 91.0 Å². The summed E-state index contributed by atoms with van der Waals surface area (Å²) in [6.45, 7) is 0. The van der Waals surface area contributed by atoms with Crippen LogP contribution >= 0.6 is 7.26 Å². The van der Waals surface area contributed by atoms with Crippen LogP contribution in [-0.4, -0.2) is 20.6 Å². The fourth-order valence-corrected chi connectivity index (χ4v) is 9.43. The van der Waals surface area contributed by atoms with E-state index in [1.165, 1.54) is 15.9 Å². The lowest BCUT2D eigenvalue weighted by molar-refractivity contribution is 0.111. The SMILES string of the molecule is O=Cc1cccn1-c1c(C[P+](c2ccccc2)(c2ccccc2)c2ccccc2)cnn1-c1ccccc1. The summed E-state index contributed by atoms with van der Waals surface area (Å²) in [6, 6.07) is 46.3. The van der Waals surface area contributed by atoms with Crippen molar-refractivity contribution in [3.63, 3.8) is 0 Å². The van der Waals surface area contributed by atoms with Crippen LogP contribution in [0.5, 0.6) is 0 Å². The number of hydrogen-bond acceptors (Lipinski definition) is 2. The molecule has 0 radical (unpaired) electrons. The van der Waals surface area contributed by atoms with E-state index in [0.717, 1.165) is 29.5 Å². The van der Waals surface area contributed by atoms with Gasteiger partial charge in [0, 0.05) is 6.20 Å². The summed E-state index contributed by atoms with van der Waals surface area (Å²) in [4.78, 5) is 12.0. The molecule has 2 heterocycles. The summed E-state index contributed by atoms with van der Waals surface area (Å²) in [5, 5.41) is 8.79. The number of nitrogens with zero attached hydrogens (tertiary/aromatic N) is 3. The molecule has 0 saturated carbocycles. The highest BCUT2D eigenvalue weighted by atomic mass is 31.2. The normalized spacial score (nSPS) is 11.4. The van der Waals surface area contributed by atoms with Crippen molar-refractivity contribution in [1.29, 1.82) is 0 Å². The van der Waals surface area contributed by atoms with Crippen molar-refractivity contribution in [2.75, 3.05) is 0 Å². The Kier molecular flexibility index (Phi) is 6.56. The summed E-state index contributed by atoms with van der Waals surface area (Å²) in [7, 11) is -2.16. The Bertz CT molecular complexity index is 1550. The molecule has 0 saturated heterocycles. The van der Waals surface area contributed by atoms with E-state index >= 15 is 0 Å². The second kappa shape index (κ2) is 10.5. The molecule has 0 aliphatic heterocycles. The molecule has 38 heavy (non-hydrogen) atoms. The fraction of sp³-hybridized carbons (Fsp3) is 0.0303.